The van der Waals surface area contributed by atoms with Crippen LogP contribution in [-0.2, 0) is 11.3 Å². The second-order valence-corrected chi connectivity index (χ2v) is 25.4. The first-order valence-corrected chi connectivity index (χ1v) is 31.5. The summed E-state index contributed by atoms with van der Waals surface area (Å²) in [7, 11) is 8.43. The molecule has 8 fully saturated rings. The summed E-state index contributed by atoms with van der Waals surface area (Å²) in [4.78, 5) is 58.1. The van der Waals surface area contributed by atoms with E-state index in [0.717, 1.165) is 171 Å². The number of nitrogens with one attached hydrogen (secondary N) is 1. The summed E-state index contributed by atoms with van der Waals surface area (Å²) in [5, 5.41) is 67.2. The molecule has 4 unspecified atom stereocenters. The van der Waals surface area contributed by atoms with Crippen LogP contribution in [0.4, 0.5) is 38.0 Å². The SMILES string of the molecule is CN1CCCC1C1(O)CCN(C(=O)OCc2ccccc2)CC1.CN1CCCC1C1(O)CCN(c2ccc(N)nc2)CC1.CN1CCCC1C1(O)CCN(c2ccc([N+](=O)[O-])nc2)CC1.CN1CCCC1C1(O)CCNCC1.O=[N+]([O-])c1ccc(F)cn1. The van der Waals surface area contributed by atoms with Crippen LogP contribution >= 0.6 is 0 Å². The number of likely N-dealkylation sites (N-methyl/N-ethyl adjacent to an activating group) is 4. The van der Waals surface area contributed by atoms with Crippen molar-refractivity contribution < 1.29 is 44.2 Å². The van der Waals surface area contributed by atoms with Gasteiger partial charge in [0, 0.05) is 75.6 Å². The first-order chi connectivity index (χ1) is 42.1. The van der Waals surface area contributed by atoms with Gasteiger partial charge in [-0.05, 0) is 220 Å². The number of carbonyl (C=O) groups excluding carboxylic acids is 1. The average molecular weight is 1230 g/mol. The maximum absolute atomic E-state index is 12.2. The topological polar surface area (TPSA) is 293 Å². The van der Waals surface area contributed by atoms with Crippen LogP contribution in [0.2, 0.25) is 0 Å². The Bertz CT molecular complexity index is 2800. The number of carbonyl (C=O) groups is 1. The number of pyridine rings is 3. The molecule has 1 aromatic carbocycles. The van der Waals surface area contributed by atoms with E-state index in [2.05, 4.69) is 77.9 Å². The van der Waals surface area contributed by atoms with Gasteiger partial charge in [0.05, 0.1) is 40.0 Å². The Hall–Kier alpha value is -6.29. The lowest BCUT2D eigenvalue weighted by atomic mass is 9.83. The van der Waals surface area contributed by atoms with Crippen LogP contribution in [0, 0.1) is 26.0 Å². The number of rotatable bonds is 10. The molecule has 25 heteroatoms. The number of nitrogens with two attached hydrogens (primary N) is 1. The monoisotopic (exact) mass is 1230 g/mol. The van der Waals surface area contributed by atoms with Gasteiger partial charge in [-0.15, -0.1) is 0 Å². The largest absolute Gasteiger partial charge is 0.445 e. The molecule has 0 spiro atoms. The van der Waals surface area contributed by atoms with Crippen LogP contribution in [0.5, 0.6) is 0 Å². The third-order valence-corrected chi connectivity index (χ3v) is 19.7. The van der Waals surface area contributed by atoms with Gasteiger partial charge in [0.2, 0.25) is 0 Å². The Balaban J connectivity index is 0.000000146. The number of hydrogen-bond donors (Lipinski definition) is 6. The van der Waals surface area contributed by atoms with Crippen LogP contribution in [-0.4, -0.2) is 229 Å². The van der Waals surface area contributed by atoms with Crippen molar-refractivity contribution in [3.63, 3.8) is 0 Å². The summed E-state index contributed by atoms with van der Waals surface area (Å²) >= 11 is 0. The normalized spacial score (nSPS) is 25.1. The first-order valence-electron chi connectivity index (χ1n) is 31.5. The van der Waals surface area contributed by atoms with Crippen molar-refractivity contribution in [2.45, 2.75) is 156 Å². The Morgan fingerprint density at radius 1 is 0.557 bits per heavy atom. The Morgan fingerprint density at radius 2 is 0.943 bits per heavy atom. The number of anilines is 3. The quantitative estimate of drug-likeness (QED) is 0.0775. The van der Waals surface area contributed by atoms with E-state index >= 15 is 0 Å². The van der Waals surface area contributed by atoms with Crippen molar-refractivity contribution >= 4 is 34.9 Å². The summed E-state index contributed by atoms with van der Waals surface area (Å²) < 4.78 is 17.4. The van der Waals surface area contributed by atoms with E-state index in [9.17, 15) is 49.8 Å². The third-order valence-electron chi connectivity index (χ3n) is 19.7. The lowest BCUT2D eigenvalue weighted by Gasteiger charge is -2.44. The zero-order chi connectivity index (χ0) is 63.1. The van der Waals surface area contributed by atoms with E-state index in [0.29, 0.717) is 50.4 Å². The van der Waals surface area contributed by atoms with Gasteiger partial charge in [-0.2, -0.15) is 0 Å². The number of aromatic nitrogens is 3. The molecule has 1 amide bonds. The number of nitrogen functional groups attached to an aromatic ring is 1. The second-order valence-electron chi connectivity index (χ2n) is 25.4. The fraction of sp³-hybridized carbons (Fsp3) is 0.651. The van der Waals surface area contributed by atoms with Gasteiger partial charge in [-0.25, -0.2) is 14.2 Å². The maximum Gasteiger partial charge on any atom is 0.410 e. The van der Waals surface area contributed by atoms with Gasteiger partial charge < -0.3 is 90.7 Å². The van der Waals surface area contributed by atoms with Crippen LogP contribution in [0.1, 0.15) is 108 Å². The van der Waals surface area contributed by atoms with Crippen molar-refractivity contribution in [3.8, 4) is 0 Å². The number of nitrogens with zero attached hydrogens (tertiary/aromatic N) is 12. The van der Waals surface area contributed by atoms with E-state index < -0.39 is 38.1 Å². The molecule has 11 heterocycles. The van der Waals surface area contributed by atoms with Crippen molar-refractivity contribution in [1.29, 1.82) is 0 Å². The van der Waals surface area contributed by atoms with Gasteiger partial charge in [0.1, 0.15) is 12.4 Å². The zero-order valence-corrected chi connectivity index (χ0v) is 52.0. The zero-order valence-electron chi connectivity index (χ0n) is 52.0. The molecule has 0 saturated carbocycles. The van der Waals surface area contributed by atoms with E-state index in [4.69, 9.17) is 10.5 Å². The minimum Gasteiger partial charge on any atom is -0.445 e. The lowest BCUT2D eigenvalue weighted by molar-refractivity contribution is -0.389. The second kappa shape index (κ2) is 31.0. The van der Waals surface area contributed by atoms with E-state index in [1.54, 1.807) is 17.2 Å². The number of halogens is 1. The number of hydrogen-bond acceptors (Lipinski definition) is 21. The molecule has 3 aromatic heterocycles. The van der Waals surface area contributed by atoms with Crippen LogP contribution in [0.15, 0.2) is 85.3 Å². The molecule has 7 N–H and O–H groups in total. The maximum atomic E-state index is 12.2. The molecule has 8 aliphatic heterocycles. The summed E-state index contributed by atoms with van der Waals surface area (Å²) in [6, 6.07) is 19.9. The standard InChI is InChI=1S/C18H26N2O3.C15H22N4O3.C15H24N4O.C10H20N2O.C5H3FN2O2/c1-19-11-5-8-16(19)18(22)9-12-20(13-10-18)17(21)23-14-15-6-3-2-4-7-15;1-17-8-2-3-13(17)15(20)6-9-18(10-7-15)12-4-5-14(16-11-12)19(21)22;1-18-8-2-3-13(18)15(20)6-9-19(10-7-15)12-4-5-14(16)17-11-12;1-12-8-2-3-9(12)10(13)4-6-11-7-5-10;6-4-1-2-5(7-3-4)8(9)10/h2-4,6-7,16,22H,5,8-14H2,1H3;4-5,11,13,20H,2-3,6-10H2,1H3;4-5,11,13,20H,2-3,6-10H2,1H3,(H2,16,17);9,11,13H,2-8H2,1H3;1-3H. The highest BCUT2D eigenvalue weighted by Crippen LogP contribution is 2.38. The minimum absolute atomic E-state index is 0.134. The molecular formula is C63H95FN14O10. The highest BCUT2D eigenvalue weighted by atomic mass is 19.1. The van der Waals surface area contributed by atoms with Crippen molar-refractivity contribution in [1.82, 2.24) is 44.8 Å². The molecule has 8 saturated heterocycles. The lowest BCUT2D eigenvalue weighted by Crippen LogP contribution is -2.55. The van der Waals surface area contributed by atoms with E-state index in [1.807, 2.05) is 48.7 Å². The molecule has 0 radical (unpaired) electrons. The fourth-order valence-electron chi connectivity index (χ4n) is 14.5. The average Bonchev–Trinajstić information content (AvgIpc) is 3.53. The Morgan fingerprint density at radius 3 is 1.30 bits per heavy atom. The molecule has 88 heavy (non-hydrogen) atoms. The van der Waals surface area contributed by atoms with Gasteiger partial charge in [-0.3, -0.25) is 0 Å². The predicted molar refractivity (Wildman–Crippen MR) is 335 cm³/mol. The van der Waals surface area contributed by atoms with Gasteiger partial charge in [0.15, 0.2) is 18.2 Å². The number of piperidine rings is 4. The highest BCUT2D eigenvalue weighted by molar-refractivity contribution is 5.67. The molecule has 0 aliphatic carbocycles. The molecule has 484 valence electrons. The first kappa shape index (κ1) is 67.6. The molecule has 4 atom stereocenters. The number of benzene rings is 1. The molecule has 4 aromatic rings. The van der Waals surface area contributed by atoms with Crippen molar-refractivity contribution in [3.05, 3.63) is 117 Å². The molecular weight excluding hydrogens is 1130 g/mol. The van der Waals surface area contributed by atoms with Crippen LogP contribution in [0.25, 0.3) is 0 Å². The fourth-order valence-corrected chi connectivity index (χ4v) is 14.5. The summed E-state index contributed by atoms with van der Waals surface area (Å²) in [6.45, 7) is 11.0. The summed E-state index contributed by atoms with van der Waals surface area (Å²) in [6.07, 6.45) is 19.2. The molecule has 12 rings (SSSR count). The number of likely N-dealkylation sites (tertiary alicyclic amines) is 5. The highest BCUT2D eigenvalue weighted by Gasteiger charge is 2.47. The minimum atomic E-state index is -0.681. The Labute approximate surface area is 517 Å². The summed E-state index contributed by atoms with van der Waals surface area (Å²) in [5.41, 5.74) is 6.38. The van der Waals surface area contributed by atoms with Crippen LogP contribution < -0.4 is 20.9 Å². The smallest absolute Gasteiger partial charge is 0.410 e. The number of aliphatic hydroxyl groups is 4. The Kier molecular flexibility index (Phi) is 23.8. The van der Waals surface area contributed by atoms with E-state index in [-0.39, 0.29) is 29.8 Å². The van der Waals surface area contributed by atoms with E-state index in [1.165, 1.54) is 25.3 Å². The third kappa shape index (κ3) is 17.8. The number of nitro groups is 2. The molecule has 8 aliphatic rings. The molecule has 0 bridgehead atoms. The van der Waals surface area contributed by atoms with Crippen LogP contribution in [0.3, 0.4) is 0 Å². The number of ether oxygens (including phenoxy) is 1. The predicted octanol–water partition coefficient (Wildman–Crippen LogP) is 6.07. The van der Waals surface area contributed by atoms with Crippen molar-refractivity contribution in [2.24, 2.45) is 0 Å². The molecule has 24 nitrogen and oxygen atoms in total. The number of amides is 1. The van der Waals surface area contributed by atoms with Gasteiger partial charge in [0.25, 0.3) is 0 Å². The van der Waals surface area contributed by atoms with Crippen molar-refractivity contribution in [2.75, 3.05) is 122 Å². The van der Waals surface area contributed by atoms with Gasteiger partial charge >= 0.3 is 17.7 Å². The summed E-state index contributed by atoms with van der Waals surface area (Å²) in [5.74, 6) is -0.508. The van der Waals surface area contributed by atoms with Gasteiger partial charge in [-0.1, -0.05) is 30.3 Å².